The van der Waals surface area contributed by atoms with Gasteiger partial charge in [0.25, 0.3) is 5.56 Å². The average Bonchev–Trinajstić information content (AvgIpc) is 2.66. The van der Waals surface area contributed by atoms with E-state index in [4.69, 9.17) is 0 Å². The van der Waals surface area contributed by atoms with Gasteiger partial charge in [-0.05, 0) is 29.3 Å². The van der Waals surface area contributed by atoms with Crippen LogP contribution in [0.1, 0.15) is 24.7 Å². The Morgan fingerprint density at radius 1 is 1.50 bits per heavy atom. The first-order valence-electron chi connectivity index (χ1n) is 5.82. The highest BCUT2D eigenvalue weighted by atomic mass is 79.9. The molecular formula is C12H15BrN4O. The molecule has 0 aliphatic rings. The number of aryl methyl sites for hydroxylation is 2. The van der Waals surface area contributed by atoms with E-state index in [2.05, 4.69) is 37.9 Å². The highest BCUT2D eigenvalue weighted by Crippen LogP contribution is 2.20. The smallest absolute Gasteiger partial charge is 0.265 e. The molecule has 0 saturated heterocycles. The molecule has 0 spiro atoms. The standard InChI is InChI=1S/C12H15BrN4O/c1-4-5-9-10(13)12(18)16-11(15-9)8-6-14-17(3)7(8)2/h6H,4-5H2,1-3H3,(H,15,16,18). The molecule has 1 N–H and O–H groups in total. The van der Waals surface area contributed by atoms with E-state index >= 15 is 0 Å². The number of aromatic amines is 1. The van der Waals surface area contributed by atoms with Gasteiger partial charge in [0.05, 0.1) is 17.5 Å². The largest absolute Gasteiger partial charge is 0.305 e. The van der Waals surface area contributed by atoms with Crippen LogP contribution in [-0.4, -0.2) is 19.7 Å². The minimum Gasteiger partial charge on any atom is -0.305 e. The molecular weight excluding hydrogens is 296 g/mol. The van der Waals surface area contributed by atoms with Crippen LogP contribution in [0.2, 0.25) is 0 Å². The van der Waals surface area contributed by atoms with Gasteiger partial charge in [-0.25, -0.2) is 4.98 Å². The Morgan fingerprint density at radius 3 is 2.78 bits per heavy atom. The second kappa shape index (κ2) is 5.06. The topological polar surface area (TPSA) is 63.6 Å². The van der Waals surface area contributed by atoms with Gasteiger partial charge in [-0.1, -0.05) is 13.3 Å². The fraction of sp³-hybridized carbons (Fsp3) is 0.417. The molecule has 2 rings (SSSR count). The van der Waals surface area contributed by atoms with E-state index < -0.39 is 0 Å². The Balaban J connectivity index is 2.59. The van der Waals surface area contributed by atoms with Gasteiger partial charge < -0.3 is 4.98 Å². The molecule has 0 aliphatic carbocycles. The average molecular weight is 311 g/mol. The van der Waals surface area contributed by atoms with Crippen LogP contribution in [0.5, 0.6) is 0 Å². The first-order chi connectivity index (χ1) is 8.54. The molecule has 96 valence electrons. The van der Waals surface area contributed by atoms with Crippen molar-refractivity contribution >= 4 is 15.9 Å². The molecule has 5 nitrogen and oxygen atoms in total. The summed E-state index contributed by atoms with van der Waals surface area (Å²) in [7, 11) is 1.86. The number of hydrogen-bond donors (Lipinski definition) is 1. The summed E-state index contributed by atoms with van der Waals surface area (Å²) in [6, 6.07) is 0. The Kier molecular flexibility index (Phi) is 3.65. The predicted molar refractivity (Wildman–Crippen MR) is 73.5 cm³/mol. The summed E-state index contributed by atoms with van der Waals surface area (Å²) < 4.78 is 2.28. The summed E-state index contributed by atoms with van der Waals surface area (Å²) in [6.45, 7) is 4.01. The van der Waals surface area contributed by atoms with Crippen LogP contribution in [0.4, 0.5) is 0 Å². The maximum atomic E-state index is 11.9. The SMILES string of the molecule is CCCc1nc(-c2cnn(C)c2C)[nH]c(=O)c1Br. The second-order valence-electron chi connectivity index (χ2n) is 4.19. The minimum absolute atomic E-state index is 0.147. The summed E-state index contributed by atoms with van der Waals surface area (Å²) in [5.74, 6) is 0.581. The predicted octanol–water partition coefficient (Wildman–Crippen LogP) is 2.19. The van der Waals surface area contributed by atoms with E-state index in [1.54, 1.807) is 10.9 Å². The molecule has 6 heteroatoms. The van der Waals surface area contributed by atoms with Gasteiger partial charge in [0.15, 0.2) is 0 Å². The lowest BCUT2D eigenvalue weighted by molar-refractivity contribution is 0.740. The molecule has 2 aromatic heterocycles. The Labute approximate surface area is 113 Å². The van der Waals surface area contributed by atoms with Crippen LogP contribution in [0, 0.1) is 6.92 Å². The van der Waals surface area contributed by atoms with Crippen LogP contribution in [-0.2, 0) is 13.5 Å². The van der Waals surface area contributed by atoms with E-state index in [0.717, 1.165) is 29.8 Å². The Morgan fingerprint density at radius 2 is 2.22 bits per heavy atom. The molecule has 0 bridgehead atoms. The molecule has 0 saturated carbocycles. The zero-order valence-electron chi connectivity index (χ0n) is 10.6. The summed E-state index contributed by atoms with van der Waals surface area (Å²) in [4.78, 5) is 19.1. The van der Waals surface area contributed by atoms with Crippen LogP contribution >= 0.6 is 15.9 Å². The minimum atomic E-state index is -0.147. The van der Waals surface area contributed by atoms with E-state index in [9.17, 15) is 4.79 Å². The van der Waals surface area contributed by atoms with Crippen molar-refractivity contribution < 1.29 is 0 Å². The third-order valence-electron chi connectivity index (χ3n) is 2.91. The first kappa shape index (κ1) is 13.0. The lowest BCUT2D eigenvalue weighted by Gasteiger charge is -2.05. The Bertz CT molecular complexity index is 629. The van der Waals surface area contributed by atoms with Gasteiger partial charge in [0.2, 0.25) is 0 Å². The van der Waals surface area contributed by atoms with E-state index in [-0.39, 0.29) is 5.56 Å². The van der Waals surface area contributed by atoms with E-state index in [0.29, 0.717) is 10.3 Å². The fourth-order valence-electron chi connectivity index (χ4n) is 1.77. The number of rotatable bonds is 3. The summed E-state index contributed by atoms with van der Waals surface area (Å²) in [6.07, 6.45) is 3.44. The van der Waals surface area contributed by atoms with Crippen molar-refractivity contribution in [3.63, 3.8) is 0 Å². The van der Waals surface area contributed by atoms with Crippen molar-refractivity contribution in [2.45, 2.75) is 26.7 Å². The van der Waals surface area contributed by atoms with Gasteiger partial charge in [0.1, 0.15) is 10.3 Å². The monoisotopic (exact) mass is 310 g/mol. The van der Waals surface area contributed by atoms with E-state index in [1.807, 2.05) is 14.0 Å². The van der Waals surface area contributed by atoms with Crippen molar-refractivity contribution in [2.24, 2.45) is 7.05 Å². The molecule has 2 heterocycles. The normalized spacial score (nSPS) is 10.9. The molecule has 0 radical (unpaired) electrons. The van der Waals surface area contributed by atoms with Crippen LogP contribution in [0.25, 0.3) is 11.4 Å². The molecule has 0 amide bonds. The molecule has 0 fully saturated rings. The number of nitrogens with zero attached hydrogens (tertiary/aromatic N) is 3. The van der Waals surface area contributed by atoms with E-state index in [1.165, 1.54) is 0 Å². The Hall–Kier alpha value is -1.43. The van der Waals surface area contributed by atoms with Crippen LogP contribution < -0.4 is 5.56 Å². The molecule has 0 unspecified atom stereocenters. The maximum Gasteiger partial charge on any atom is 0.265 e. The van der Waals surface area contributed by atoms with Gasteiger partial charge in [-0.2, -0.15) is 5.10 Å². The lowest BCUT2D eigenvalue weighted by atomic mass is 10.2. The number of aromatic nitrogens is 4. The third-order valence-corrected chi connectivity index (χ3v) is 3.73. The van der Waals surface area contributed by atoms with Gasteiger partial charge >= 0.3 is 0 Å². The van der Waals surface area contributed by atoms with Gasteiger partial charge in [-0.15, -0.1) is 0 Å². The highest BCUT2D eigenvalue weighted by Gasteiger charge is 2.13. The van der Waals surface area contributed by atoms with Crippen molar-refractivity contribution in [1.82, 2.24) is 19.7 Å². The summed E-state index contributed by atoms with van der Waals surface area (Å²) in [5.41, 5.74) is 2.48. The number of hydrogen-bond acceptors (Lipinski definition) is 3. The molecule has 2 aromatic rings. The van der Waals surface area contributed by atoms with Crippen molar-refractivity contribution in [2.75, 3.05) is 0 Å². The van der Waals surface area contributed by atoms with Gasteiger partial charge in [0, 0.05) is 12.7 Å². The number of nitrogens with one attached hydrogen (secondary N) is 1. The van der Waals surface area contributed by atoms with Crippen molar-refractivity contribution in [3.8, 4) is 11.4 Å². The maximum absolute atomic E-state index is 11.9. The first-order valence-corrected chi connectivity index (χ1v) is 6.61. The van der Waals surface area contributed by atoms with Crippen LogP contribution in [0.15, 0.2) is 15.5 Å². The highest BCUT2D eigenvalue weighted by molar-refractivity contribution is 9.10. The zero-order valence-corrected chi connectivity index (χ0v) is 12.2. The van der Waals surface area contributed by atoms with Crippen molar-refractivity contribution in [3.05, 3.63) is 32.4 Å². The quantitative estimate of drug-likeness (QED) is 0.945. The lowest BCUT2D eigenvalue weighted by Crippen LogP contribution is -2.13. The van der Waals surface area contributed by atoms with Crippen molar-refractivity contribution in [1.29, 1.82) is 0 Å². The van der Waals surface area contributed by atoms with Crippen LogP contribution in [0.3, 0.4) is 0 Å². The fourth-order valence-corrected chi connectivity index (χ4v) is 2.15. The summed E-state index contributed by atoms with van der Waals surface area (Å²) >= 11 is 3.28. The molecule has 0 atom stereocenters. The summed E-state index contributed by atoms with van der Waals surface area (Å²) in [5, 5.41) is 4.16. The number of halogens is 1. The molecule has 18 heavy (non-hydrogen) atoms. The third kappa shape index (κ3) is 2.25. The second-order valence-corrected chi connectivity index (χ2v) is 4.99. The molecule has 0 aromatic carbocycles. The number of H-pyrrole nitrogens is 1. The van der Waals surface area contributed by atoms with Gasteiger partial charge in [-0.3, -0.25) is 9.48 Å². The zero-order chi connectivity index (χ0) is 13.3. The molecule has 0 aliphatic heterocycles.